The third kappa shape index (κ3) is 2.94. The van der Waals surface area contributed by atoms with Crippen LogP contribution in [0.3, 0.4) is 0 Å². The fraction of sp³-hybridized carbons (Fsp3) is 0.421. The number of fused-ring (bicyclic) bond motifs is 1. The van der Waals surface area contributed by atoms with Gasteiger partial charge in [0, 0.05) is 29.5 Å². The maximum atomic E-state index is 12.0. The van der Waals surface area contributed by atoms with Gasteiger partial charge in [-0.15, -0.1) is 0 Å². The summed E-state index contributed by atoms with van der Waals surface area (Å²) in [7, 11) is 0. The average Bonchev–Trinajstić information content (AvgIpc) is 2.82. The van der Waals surface area contributed by atoms with Crippen LogP contribution < -0.4 is 5.32 Å². The first-order chi connectivity index (χ1) is 10.3. The van der Waals surface area contributed by atoms with Crippen LogP contribution in [-0.2, 0) is 16.6 Å². The monoisotopic (exact) mass is 296 g/mol. The Bertz CT molecular complexity index is 733. The van der Waals surface area contributed by atoms with Crippen LogP contribution in [-0.4, -0.2) is 10.3 Å². The zero-order valence-corrected chi connectivity index (χ0v) is 13.6. The topological polar surface area (TPSA) is 33.5 Å². The SMILES string of the molecule is C=C1CCC(Cc2cc3cc(C(C)(C)C)ccn3c2)C(=O)N1. The molecule has 0 aliphatic carbocycles. The number of carbonyl (C=O) groups excluding carboxylic acids is 1. The predicted molar refractivity (Wildman–Crippen MR) is 89.8 cm³/mol. The smallest absolute Gasteiger partial charge is 0.227 e. The molecule has 0 bridgehead atoms. The first-order valence-electron chi connectivity index (χ1n) is 7.93. The molecule has 1 aliphatic rings. The maximum absolute atomic E-state index is 12.0. The van der Waals surface area contributed by atoms with Crippen LogP contribution in [0, 0.1) is 5.92 Å². The highest BCUT2D eigenvalue weighted by Gasteiger charge is 2.24. The lowest BCUT2D eigenvalue weighted by atomic mass is 9.87. The van der Waals surface area contributed by atoms with Crippen LogP contribution in [0.2, 0.25) is 0 Å². The van der Waals surface area contributed by atoms with Crippen LogP contribution in [0.4, 0.5) is 0 Å². The number of pyridine rings is 1. The number of rotatable bonds is 2. The minimum atomic E-state index is 0.0602. The number of hydrogen-bond acceptors (Lipinski definition) is 1. The zero-order valence-electron chi connectivity index (χ0n) is 13.6. The molecule has 3 rings (SSSR count). The van der Waals surface area contributed by atoms with Gasteiger partial charge in [0.2, 0.25) is 5.91 Å². The fourth-order valence-electron chi connectivity index (χ4n) is 3.04. The highest BCUT2D eigenvalue weighted by atomic mass is 16.1. The Morgan fingerprint density at radius 2 is 2.14 bits per heavy atom. The molecule has 2 aromatic rings. The van der Waals surface area contributed by atoms with Crippen LogP contribution in [0.5, 0.6) is 0 Å². The van der Waals surface area contributed by atoms with E-state index >= 15 is 0 Å². The lowest BCUT2D eigenvalue weighted by molar-refractivity contribution is -0.125. The van der Waals surface area contributed by atoms with E-state index in [4.69, 9.17) is 0 Å². The maximum Gasteiger partial charge on any atom is 0.227 e. The van der Waals surface area contributed by atoms with E-state index in [-0.39, 0.29) is 17.2 Å². The molecule has 0 radical (unpaired) electrons. The Morgan fingerprint density at radius 1 is 1.36 bits per heavy atom. The Labute approximate surface area is 132 Å². The summed E-state index contributed by atoms with van der Waals surface area (Å²) in [4.78, 5) is 12.0. The summed E-state index contributed by atoms with van der Waals surface area (Å²) >= 11 is 0. The number of carbonyl (C=O) groups is 1. The number of aromatic nitrogens is 1. The number of piperidine rings is 1. The molecule has 1 fully saturated rings. The van der Waals surface area contributed by atoms with Gasteiger partial charge in [0.1, 0.15) is 0 Å². The molecule has 3 nitrogen and oxygen atoms in total. The van der Waals surface area contributed by atoms with E-state index in [2.05, 4.69) is 67.7 Å². The van der Waals surface area contributed by atoms with Crippen molar-refractivity contribution in [1.82, 2.24) is 9.72 Å². The van der Waals surface area contributed by atoms with Gasteiger partial charge in [0.15, 0.2) is 0 Å². The van der Waals surface area contributed by atoms with Crippen molar-refractivity contribution in [2.75, 3.05) is 0 Å². The molecule has 0 saturated carbocycles. The van der Waals surface area contributed by atoms with Gasteiger partial charge in [-0.1, -0.05) is 27.4 Å². The Morgan fingerprint density at radius 3 is 2.82 bits per heavy atom. The second-order valence-corrected chi connectivity index (χ2v) is 7.38. The average molecular weight is 296 g/mol. The van der Waals surface area contributed by atoms with E-state index < -0.39 is 0 Å². The molecule has 1 atom stereocenters. The number of amides is 1. The molecular formula is C19H24N2O. The van der Waals surface area contributed by atoms with Gasteiger partial charge in [0.25, 0.3) is 0 Å². The molecule has 1 N–H and O–H groups in total. The third-order valence-corrected chi connectivity index (χ3v) is 4.47. The molecule has 1 amide bonds. The van der Waals surface area contributed by atoms with Crippen molar-refractivity contribution in [2.45, 2.75) is 45.4 Å². The molecule has 1 unspecified atom stereocenters. The van der Waals surface area contributed by atoms with E-state index in [0.717, 1.165) is 25.0 Å². The van der Waals surface area contributed by atoms with Gasteiger partial charge in [0.05, 0.1) is 0 Å². The standard InChI is InChI=1S/C19H24N2O/c1-13-5-6-15(18(22)20-13)9-14-10-17-11-16(19(2,3)4)7-8-21(17)12-14/h7-8,10-12,15H,1,5-6,9H2,2-4H3,(H,20,22). The summed E-state index contributed by atoms with van der Waals surface area (Å²) < 4.78 is 2.14. The second kappa shape index (κ2) is 5.31. The van der Waals surface area contributed by atoms with Crippen molar-refractivity contribution < 1.29 is 4.79 Å². The summed E-state index contributed by atoms with van der Waals surface area (Å²) in [5.74, 6) is 0.173. The van der Waals surface area contributed by atoms with Crippen molar-refractivity contribution in [1.29, 1.82) is 0 Å². The third-order valence-electron chi connectivity index (χ3n) is 4.47. The fourth-order valence-corrected chi connectivity index (χ4v) is 3.04. The van der Waals surface area contributed by atoms with E-state index in [1.165, 1.54) is 16.6 Å². The summed E-state index contributed by atoms with van der Waals surface area (Å²) in [6.07, 6.45) is 6.83. The Hall–Kier alpha value is -2.03. The lowest BCUT2D eigenvalue weighted by Gasteiger charge is -2.22. The quantitative estimate of drug-likeness (QED) is 0.898. The molecule has 0 aromatic carbocycles. The van der Waals surface area contributed by atoms with E-state index in [1.54, 1.807) is 0 Å². The Balaban J connectivity index is 1.83. The largest absolute Gasteiger partial charge is 0.330 e. The summed E-state index contributed by atoms with van der Waals surface area (Å²) in [6, 6.07) is 6.62. The van der Waals surface area contributed by atoms with Gasteiger partial charge in [-0.2, -0.15) is 0 Å². The Kier molecular flexibility index (Phi) is 3.59. The molecule has 3 heteroatoms. The molecular weight excluding hydrogens is 272 g/mol. The van der Waals surface area contributed by atoms with E-state index in [1.807, 2.05) is 0 Å². The van der Waals surface area contributed by atoms with Gasteiger partial charge >= 0.3 is 0 Å². The van der Waals surface area contributed by atoms with E-state index in [0.29, 0.717) is 0 Å². The molecule has 22 heavy (non-hydrogen) atoms. The van der Waals surface area contributed by atoms with Gasteiger partial charge in [-0.05, 0) is 54.0 Å². The minimum absolute atomic E-state index is 0.0602. The lowest BCUT2D eigenvalue weighted by Crippen LogP contribution is -2.35. The first kappa shape index (κ1) is 14.9. The molecule has 1 saturated heterocycles. The van der Waals surface area contributed by atoms with Crippen molar-refractivity contribution in [3.63, 3.8) is 0 Å². The summed E-state index contributed by atoms with van der Waals surface area (Å²) in [5.41, 5.74) is 4.74. The molecule has 3 heterocycles. The van der Waals surface area contributed by atoms with Crippen molar-refractivity contribution in [3.8, 4) is 0 Å². The van der Waals surface area contributed by atoms with Crippen molar-refractivity contribution in [3.05, 3.63) is 54.0 Å². The summed E-state index contributed by atoms with van der Waals surface area (Å²) in [5, 5.41) is 2.87. The molecule has 1 aliphatic heterocycles. The van der Waals surface area contributed by atoms with Gasteiger partial charge in [-0.3, -0.25) is 4.79 Å². The second-order valence-electron chi connectivity index (χ2n) is 7.38. The van der Waals surface area contributed by atoms with Crippen LogP contribution >= 0.6 is 0 Å². The predicted octanol–water partition coefficient (Wildman–Crippen LogP) is 3.82. The van der Waals surface area contributed by atoms with Gasteiger partial charge < -0.3 is 9.72 Å². The van der Waals surface area contributed by atoms with Crippen LogP contribution in [0.15, 0.2) is 42.9 Å². The van der Waals surface area contributed by atoms with Crippen LogP contribution in [0.25, 0.3) is 5.52 Å². The molecule has 0 spiro atoms. The molecule has 116 valence electrons. The van der Waals surface area contributed by atoms with E-state index in [9.17, 15) is 4.79 Å². The van der Waals surface area contributed by atoms with Gasteiger partial charge in [-0.25, -0.2) is 0 Å². The normalized spacial score (nSPS) is 19.5. The number of hydrogen-bond donors (Lipinski definition) is 1. The summed E-state index contributed by atoms with van der Waals surface area (Å²) in [6.45, 7) is 10.5. The highest BCUT2D eigenvalue weighted by Crippen LogP contribution is 2.26. The highest BCUT2D eigenvalue weighted by molar-refractivity contribution is 5.81. The van der Waals surface area contributed by atoms with Crippen molar-refractivity contribution in [2.24, 2.45) is 5.92 Å². The first-order valence-corrected chi connectivity index (χ1v) is 7.93. The molecule has 2 aromatic heterocycles. The number of nitrogens with one attached hydrogen (secondary N) is 1. The van der Waals surface area contributed by atoms with Crippen LogP contribution in [0.1, 0.15) is 44.7 Å². The van der Waals surface area contributed by atoms with Crippen molar-refractivity contribution >= 4 is 11.4 Å². The number of nitrogens with zero attached hydrogens (tertiary/aromatic N) is 1. The number of allylic oxidation sites excluding steroid dienone is 1. The zero-order chi connectivity index (χ0) is 15.9. The minimum Gasteiger partial charge on any atom is -0.330 e.